The van der Waals surface area contributed by atoms with Crippen molar-refractivity contribution in [2.45, 2.75) is 32.7 Å². The molecule has 2 aliphatic heterocycles. The van der Waals surface area contributed by atoms with Crippen molar-refractivity contribution in [1.29, 1.82) is 0 Å². The Morgan fingerprint density at radius 2 is 2.03 bits per heavy atom. The molecule has 1 unspecified atom stereocenters. The summed E-state index contributed by atoms with van der Waals surface area (Å²) >= 11 is 0. The number of fused-ring (bicyclic) bond motifs is 2. The summed E-state index contributed by atoms with van der Waals surface area (Å²) in [4.78, 5) is 36.9. The number of ether oxygens (including phenoxy) is 3. The van der Waals surface area contributed by atoms with Crippen molar-refractivity contribution in [1.82, 2.24) is 14.9 Å². The predicted molar refractivity (Wildman–Crippen MR) is 133 cm³/mol. The van der Waals surface area contributed by atoms with E-state index in [1.54, 1.807) is 37.4 Å². The van der Waals surface area contributed by atoms with Crippen molar-refractivity contribution < 1.29 is 23.8 Å². The third-order valence-electron chi connectivity index (χ3n) is 6.61. The van der Waals surface area contributed by atoms with Gasteiger partial charge in [0.1, 0.15) is 12.4 Å². The zero-order chi connectivity index (χ0) is 25.4. The lowest BCUT2D eigenvalue weighted by molar-refractivity contribution is -0.134. The largest absolute Gasteiger partial charge is 0.497 e. The topological polar surface area (TPSA) is 103 Å². The first-order chi connectivity index (χ1) is 17.4. The number of benzene rings is 2. The van der Waals surface area contributed by atoms with E-state index in [0.29, 0.717) is 42.6 Å². The molecule has 0 radical (unpaired) electrons. The third kappa shape index (κ3) is 4.32. The average Bonchev–Trinajstić information content (AvgIpc) is 3.03. The maximum atomic E-state index is 13.4. The van der Waals surface area contributed by atoms with Gasteiger partial charge in [-0.2, -0.15) is 0 Å². The van der Waals surface area contributed by atoms with Gasteiger partial charge in [-0.15, -0.1) is 0 Å². The van der Waals surface area contributed by atoms with Gasteiger partial charge in [-0.05, 0) is 37.6 Å². The van der Waals surface area contributed by atoms with E-state index in [-0.39, 0.29) is 18.2 Å². The van der Waals surface area contributed by atoms with Gasteiger partial charge in [0.15, 0.2) is 11.5 Å². The highest BCUT2D eigenvalue weighted by atomic mass is 16.5. The van der Waals surface area contributed by atoms with E-state index in [4.69, 9.17) is 14.2 Å². The Kier molecular flexibility index (Phi) is 6.22. The Balaban J connectivity index is 1.42. The summed E-state index contributed by atoms with van der Waals surface area (Å²) in [5.41, 5.74) is 5.52. The second-order valence-corrected chi connectivity index (χ2v) is 8.98. The number of nitrogens with one attached hydrogen (secondary N) is 1. The first kappa shape index (κ1) is 23.6. The van der Waals surface area contributed by atoms with Crippen molar-refractivity contribution in [2.24, 2.45) is 0 Å². The number of methoxy groups -OCH3 is 2. The molecule has 9 nitrogen and oxygen atoms in total. The quantitative estimate of drug-likeness (QED) is 0.585. The number of rotatable bonds is 5. The van der Waals surface area contributed by atoms with Crippen LogP contribution in [0.1, 0.15) is 34.9 Å². The maximum Gasteiger partial charge on any atom is 0.232 e. The number of carbonyl (C=O) groups excluding carboxylic acids is 2. The number of anilines is 1. The van der Waals surface area contributed by atoms with Gasteiger partial charge in [-0.25, -0.2) is 4.98 Å². The van der Waals surface area contributed by atoms with Crippen LogP contribution in [0, 0.1) is 13.8 Å². The van der Waals surface area contributed by atoms with Crippen molar-refractivity contribution in [3.63, 3.8) is 0 Å². The SMILES string of the molecule is COc1ccc2c(c1)NC(=O)C2CC(=O)N1CCOc2c(cc(-c3nc(C)cnc3C)cc2OC)C1. The summed E-state index contributed by atoms with van der Waals surface area (Å²) in [5.74, 6) is 0.999. The smallest absolute Gasteiger partial charge is 0.232 e. The van der Waals surface area contributed by atoms with E-state index in [0.717, 1.165) is 33.8 Å². The Morgan fingerprint density at radius 1 is 1.19 bits per heavy atom. The molecular formula is C27H28N4O5. The van der Waals surface area contributed by atoms with E-state index < -0.39 is 5.92 Å². The van der Waals surface area contributed by atoms with Crippen LogP contribution in [-0.4, -0.2) is 54.1 Å². The molecule has 1 N–H and O–H groups in total. The Labute approximate surface area is 209 Å². The number of nitrogens with zero attached hydrogens (tertiary/aromatic N) is 3. The van der Waals surface area contributed by atoms with Gasteiger partial charge in [-0.1, -0.05) is 6.07 Å². The van der Waals surface area contributed by atoms with E-state index in [2.05, 4.69) is 15.3 Å². The summed E-state index contributed by atoms with van der Waals surface area (Å²) in [6, 6.07) is 9.28. The van der Waals surface area contributed by atoms with Gasteiger partial charge in [-0.3, -0.25) is 14.6 Å². The molecule has 9 heteroatoms. The standard InChI is InChI=1S/C27H28N4O5/c1-15-13-28-16(2)25(29-15)17-9-18-14-31(7-8-36-26(18)23(10-17)35-4)24(32)12-21-20-6-5-19(34-3)11-22(20)30-27(21)33/h5-6,9-11,13,21H,7-8,12,14H2,1-4H3,(H,30,33). The average molecular weight is 489 g/mol. The number of amides is 2. The summed E-state index contributed by atoms with van der Waals surface area (Å²) in [6.07, 6.45) is 1.80. The maximum absolute atomic E-state index is 13.4. The Hall–Kier alpha value is -4.14. The molecule has 36 heavy (non-hydrogen) atoms. The van der Waals surface area contributed by atoms with Crippen LogP contribution in [0.5, 0.6) is 17.2 Å². The second kappa shape index (κ2) is 9.49. The van der Waals surface area contributed by atoms with Crippen LogP contribution in [0.4, 0.5) is 5.69 Å². The fourth-order valence-electron chi connectivity index (χ4n) is 4.74. The van der Waals surface area contributed by atoms with Gasteiger partial charge in [0.05, 0.1) is 43.8 Å². The highest BCUT2D eigenvalue weighted by Gasteiger charge is 2.34. The van der Waals surface area contributed by atoms with E-state index in [1.807, 2.05) is 32.0 Å². The molecule has 2 aromatic carbocycles. The molecule has 2 aliphatic rings. The van der Waals surface area contributed by atoms with Gasteiger partial charge in [0.25, 0.3) is 0 Å². The van der Waals surface area contributed by atoms with Gasteiger partial charge < -0.3 is 24.4 Å². The molecule has 3 aromatic rings. The molecule has 3 heterocycles. The molecule has 186 valence electrons. The minimum absolute atomic E-state index is 0.0692. The lowest BCUT2D eigenvalue weighted by Gasteiger charge is -2.22. The minimum Gasteiger partial charge on any atom is -0.497 e. The molecular weight excluding hydrogens is 460 g/mol. The van der Waals surface area contributed by atoms with E-state index in [9.17, 15) is 9.59 Å². The molecule has 0 saturated carbocycles. The van der Waals surface area contributed by atoms with Crippen LogP contribution in [0.2, 0.25) is 0 Å². The van der Waals surface area contributed by atoms with Gasteiger partial charge in [0, 0.05) is 42.0 Å². The Bertz CT molecular complexity index is 1360. The molecule has 0 spiro atoms. The van der Waals surface area contributed by atoms with Gasteiger partial charge in [0.2, 0.25) is 11.8 Å². The lowest BCUT2D eigenvalue weighted by atomic mass is 9.96. The fourth-order valence-corrected chi connectivity index (χ4v) is 4.74. The monoisotopic (exact) mass is 488 g/mol. The Morgan fingerprint density at radius 3 is 2.81 bits per heavy atom. The number of carbonyl (C=O) groups is 2. The predicted octanol–water partition coefficient (Wildman–Crippen LogP) is 3.62. The zero-order valence-corrected chi connectivity index (χ0v) is 20.8. The van der Waals surface area contributed by atoms with Crippen LogP contribution in [0.25, 0.3) is 11.3 Å². The summed E-state index contributed by atoms with van der Waals surface area (Å²) < 4.78 is 16.9. The molecule has 0 aliphatic carbocycles. The lowest BCUT2D eigenvalue weighted by Crippen LogP contribution is -2.34. The first-order valence-corrected chi connectivity index (χ1v) is 11.8. The zero-order valence-electron chi connectivity index (χ0n) is 20.8. The number of aryl methyl sites for hydroxylation is 2. The molecule has 2 amide bonds. The van der Waals surface area contributed by atoms with Crippen LogP contribution in [0.15, 0.2) is 36.5 Å². The number of aromatic nitrogens is 2. The summed E-state index contributed by atoms with van der Waals surface area (Å²) in [5, 5.41) is 2.87. The molecule has 0 saturated heterocycles. The van der Waals surface area contributed by atoms with Crippen molar-refractivity contribution in [3.05, 3.63) is 59.0 Å². The first-order valence-electron chi connectivity index (χ1n) is 11.8. The summed E-state index contributed by atoms with van der Waals surface area (Å²) in [7, 11) is 3.17. The van der Waals surface area contributed by atoms with Crippen LogP contribution < -0.4 is 19.5 Å². The molecule has 5 rings (SSSR count). The van der Waals surface area contributed by atoms with Crippen LogP contribution in [-0.2, 0) is 16.1 Å². The van der Waals surface area contributed by atoms with Crippen LogP contribution in [0.3, 0.4) is 0 Å². The number of hydrogen-bond donors (Lipinski definition) is 1. The molecule has 1 atom stereocenters. The van der Waals surface area contributed by atoms with Crippen LogP contribution >= 0.6 is 0 Å². The second-order valence-electron chi connectivity index (χ2n) is 8.98. The minimum atomic E-state index is -0.548. The van der Waals surface area contributed by atoms with E-state index >= 15 is 0 Å². The third-order valence-corrected chi connectivity index (χ3v) is 6.61. The van der Waals surface area contributed by atoms with Crippen molar-refractivity contribution in [2.75, 3.05) is 32.7 Å². The highest BCUT2D eigenvalue weighted by Crippen LogP contribution is 2.40. The molecule has 0 bridgehead atoms. The van der Waals surface area contributed by atoms with E-state index in [1.165, 1.54) is 0 Å². The fraction of sp³-hybridized carbons (Fsp3) is 0.333. The van der Waals surface area contributed by atoms with Crippen molar-refractivity contribution >= 4 is 17.5 Å². The highest BCUT2D eigenvalue weighted by molar-refractivity contribution is 6.05. The molecule has 1 aromatic heterocycles. The molecule has 0 fully saturated rings. The van der Waals surface area contributed by atoms with Gasteiger partial charge >= 0.3 is 0 Å². The normalized spacial score (nSPS) is 16.4. The number of hydrogen-bond acceptors (Lipinski definition) is 7. The van der Waals surface area contributed by atoms with Crippen molar-refractivity contribution in [3.8, 4) is 28.5 Å². The summed E-state index contributed by atoms with van der Waals surface area (Å²) in [6.45, 7) is 4.86.